The second-order valence-electron chi connectivity index (χ2n) is 7.26. The van der Waals surface area contributed by atoms with Crippen molar-refractivity contribution in [3.05, 3.63) is 77.9 Å². The molecule has 0 amide bonds. The molecule has 1 aliphatic heterocycles. The zero-order valence-corrected chi connectivity index (χ0v) is 16.9. The Morgan fingerprint density at radius 1 is 1.19 bits per heavy atom. The number of rotatable bonds is 5. The van der Waals surface area contributed by atoms with Crippen LogP contribution in [0.3, 0.4) is 0 Å². The number of aryl methyl sites for hydroxylation is 1. The fraction of sp³-hybridized carbons (Fsp3) is 0.333. The summed E-state index contributed by atoms with van der Waals surface area (Å²) >= 11 is 6.09. The van der Waals surface area contributed by atoms with E-state index < -0.39 is 20.7 Å². The van der Waals surface area contributed by atoms with Crippen LogP contribution in [0.2, 0.25) is 0 Å². The Bertz CT molecular complexity index is 912. The van der Waals surface area contributed by atoms with Crippen molar-refractivity contribution in [3.8, 4) is 0 Å². The van der Waals surface area contributed by atoms with E-state index in [1.54, 1.807) is 24.3 Å². The van der Waals surface area contributed by atoms with Crippen molar-refractivity contribution in [1.82, 2.24) is 4.90 Å². The van der Waals surface area contributed by atoms with Crippen molar-refractivity contribution in [2.45, 2.75) is 29.2 Å². The fourth-order valence-electron chi connectivity index (χ4n) is 3.71. The van der Waals surface area contributed by atoms with Crippen LogP contribution in [0.1, 0.15) is 11.1 Å². The minimum Gasteiger partial charge on any atom is -0.386 e. The molecule has 6 heteroatoms. The summed E-state index contributed by atoms with van der Waals surface area (Å²) in [5.41, 5.74) is 0.913. The van der Waals surface area contributed by atoms with Crippen LogP contribution in [0.25, 0.3) is 0 Å². The number of halogens is 1. The minimum atomic E-state index is -3.80. The molecule has 0 saturated carbocycles. The fourth-order valence-corrected chi connectivity index (χ4v) is 6.08. The maximum absolute atomic E-state index is 13.3. The predicted molar refractivity (Wildman–Crippen MR) is 109 cm³/mol. The van der Waals surface area contributed by atoms with Crippen molar-refractivity contribution in [2.75, 3.05) is 19.0 Å². The molecular weight excluding hydrogens is 382 g/mol. The standard InChI is InChI=1S/C21H24ClNO3S/c1-16-8-10-19(11-9-16)27(25,26)20-17(2)12-23(15-21(20,24)14-22)13-18-6-4-3-5-7-18/h3-11,20,24H,2,12-15H2,1H3/t20-,21+/m1/s1. The molecule has 1 saturated heterocycles. The van der Waals surface area contributed by atoms with Crippen LogP contribution in [-0.2, 0) is 16.4 Å². The van der Waals surface area contributed by atoms with E-state index in [1.165, 1.54) is 0 Å². The summed E-state index contributed by atoms with van der Waals surface area (Å²) in [5, 5.41) is 10.1. The Hall–Kier alpha value is -1.66. The molecule has 0 aromatic heterocycles. The highest BCUT2D eigenvalue weighted by Crippen LogP contribution is 2.35. The van der Waals surface area contributed by atoms with E-state index in [1.807, 2.05) is 42.2 Å². The smallest absolute Gasteiger partial charge is 0.188 e. The quantitative estimate of drug-likeness (QED) is 0.613. The Kier molecular flexibility index (Phi) is 5.77. The molecule has 2 atom stereocenters. The van der Waals surface area contributed by atoms with Crippen molar-refractivity contribution in [2.24, 2.45) is 0 Å². The monoisotopic (exact) mass is 405 g/mol. The first kappa shape index (κ1) is 20.1. The van der Waals surface area contributed by atoms with Gasteiger partial charge in [0.25, 0.3) is 0 Å². The van der Waals surface area contributed by atoms with Crippen LogP contribution in [0.15, 0.2) is 71.6 Å². The lowest BCUT2D eigenvalue weighted by Crippen LogP contribution is -2.61. The number of nitrogens with zero attached hydrogens (tertiary/aromatic N) is 1. The van der Waals surface area contributed by atoms with Crippen molar-refractivity contribution >= 4 is 21.4 Å². The van der Waals surface area contributed by atoms with E-state index >= 15 is 0 Å². The average Bonchev–Trinajstić information content (AvgIpc) is 2.62. The summed E-state index contributed by atoms with van der Waals surface area (Å²) in [6, 6.07) is 16.5. The number of likely N-dealkylation sites (tertiary alicyclic amines) is 1. The zero-order valence-electron chi connectivity index (χ0n) is 15.3. The molecule has 3 rings (SSSR count). The molecule has 1 heterocycles. The van der Waals surface area contributed by atoms with Crippen molar-refractivity contribution < 1.29 is 13.5 Å². The van der Waals surface area contributed by atoms with Crippen LogP contribution >= 0.6 is 11.6 Å². The maximum atomic E-state index is 13.3. The third kappa shape index (κ3) is 4.11. The van der Waals surface area contributed by atoms with Gasteiger partial charge in [-0.2, -0.15) is 0 Å². The van der Waals surface area contributed by atoms with Crippen LogP contribution in [0, 0.1) is 6.92 Å². The molecule has 0 unspecified atom stereocenters. The van der Waals surface area contributed by atoms with E-state index in [0.717, 1.165) is 11.1 Å². The highest BCUT2D eigenvalue weighted by Gasteiger charge is 2.50. The van der Waals surface area contributed by atoms with Gasteiger partial charge < -0.3 is 5.11 Å². The van der Waals surface area contributed by atoms with Crippen LogP contribution < -0.4 is 0 Å². The summed E-state index contributed by atoms with van der Waals surface area (Å²) in [6.07, 6.45) is 0. The number of piperidine rings is 1. The Morgan fingerprint density at radius 3 is 2.41 bits per heavy atom. The van der Waals surface area contributed by atoms with Crippen LogP contribution in [0.5, 0.6) is 0 Å². The molecule has 4 nitrogen and oxygen atoms in total. The second kappa shape index (κ2) is 7.76. The van der Waals surface area contributed by atoms with Crippen LogP contribution in [0.4, 0.5) is 0 Å². The second-order valence-corrected chi connectivity index (χ2v) is 9.56. The van der Waals surface area contributed by atoms with Gasteiger partial charge in [-0.25, -0.2) is 8.42 Å². The first-order valence-electron chi connectivity index (χ1n) is 8.79. The average molecular weight is 406 g/mol. The number of aliphatic hydroxyl groups is 1. The molecule has 1 aliphatic rings. The van der Waals surface area contributed by atoms with Gasteiger partial charge in [0.2, 0.25) is 0 Å². The van der Waals surface area contributed by atoms with Gasteiger partial charge >= 0.3 is 0 Å². The van der Waals surface area contributed by atoms with Crippen molar-refractivity contribution in [3.63, 3.8) is 0 Å². The number of hydrogen-bond donors (Lipinski definition) is 1. The molecule has 0 spiro atoms. The topological polar surface area (TPSA) is 57.6 Å². The lowest BCUT2D eigenvalue weighted by atomic mass is 9.90. The van der Waals surface area contributed by atoms with E-state index in [9.17, 15) is 13.5 Å². The van der Waals surface area contributed by atoms with Gasteiger partial charge in [0.05, 0.1) is 10.8 Å². The summed E-state index contributed by atoms with van der Waals surface area (Å²) in [4.78, 5) is 2.17. The molecule has 2 aromatic carbocycles. The number of benzene rings is 2. The largest absolute Gasteiger partial charge is 0.386 e. The molecule has 0 aliphatic carbocycles. The summed E-state index contributed by atoms with van der Waals surface area (Å²) in [6.45, 7) is 7.05. The lowest BCUT2D eigenvalue weighted by Gasteiger charge is -2.44. The highest BCUT2D eigenvalue weighted by molar-refractivity contribution is 7.92. The lowest BCUT2D eigenvalue weighted by molar-refractivity contribution is 0.00773. The number of sulfone groups is 1. The first-order valence-corrected chi connectivity index (χ1v) is 10.9. The molecule has 1 N–H and O–H groups in total. The molecule has 1 fully saturated rings. The van der Waals surface area contributed by atoms with Crippen LogP contribution in [-0.4, -0.2) is 48.2 Å². The third-order valence-electron chi connectivity index (χ3n) is 4.92. The van der Waals surface area contributed by atoms with E-state index in [-0.39, 0.29) is 17.3 Å². The molecular formula is C21H24ClNO3S. The summed E-state index contributed by atoms with van der Waals surface area (Å²) in [7, 11) is -3.80. The number of hydrogen-bond acceptors (Lipinski definition) is 4. The van der Waals surface area contributed by atoms with Gasteiger partial charge in [0, 0.05) is 19.6 Å². The zero-order chi connectivity index (χ0) is 19.7. The van der Waals surface area contributed by atoms with E-state index in [4.69, 9.17) is 11.6 Å². The third-order valence-corrected chi connectivity index (χ3v) is 7.71. The van der Waals surface area contributed by atoms with Gasteiger partial charge in [-0.15, -0.1) is 11.6 Å². The SMILES string of the molecule is C=C1CN(Cc2ccccc2)C[C@@](O)(CCl)[C@@H]1S(=O)(=O)c1ccc(C)cc1. The predicted octanol–water partition coefficient (Wildman–Crippen LogP) is 3.18. The molecule has 0 bridgehead atoms. The van der Waals surface area contributed by atoms with Gasteiger partial charge in [-0.3, -0.25) is 4.90 Å². The molecule has 2 aromatic rings. The Labute approximate surface area is 166 Å². The first-order chi connectivity index (χ1) is 12.8. The number of alkyl halides is 1. The van der Waals surface area contributed by atoms with Gasteiger partial charge in [-0.1, -0.05) is 54.6 Å². The Balaban J connectivity index is 1.90. The van der Waals surface area contributed by atoms with Gasteiger partial charge in [-0.05, 0) is 30.2 Å². The normalized spacial score (nSPS) is 24.1. The van der Waals surface area contributed by atoms with Crippen molar-refractivity contribution in [1.29, 1.82) is 0 Å². The molecule has 0 radical (unpaired) electrons. The number of β-amino-alcohol motifs (C(OH)–C–C–N with tert-alkyl or cyclic N) is 1. The molecule has 144 valence electrons. The summed E-state index contributed by atoms with van der Waals surface area (Å²) < 4.78 is 26.5. The minimum absolute atomic E-state index is 0.167. The summed E-state index contributed by atoms with van der Waals surface area (Å²) in [5.74, 6) is -0.187. The van der Waals surface area contributed by atoms with E-state index in [2.05, 4.69) is 6.58 Å². The highest BCUT2D eigenvalue weighted by atomic mass is 35.5. The van der Waals surface area contributed by atoms with Gasteiger partial charge in [0.15, 0.2) is 9.84 Å². The molecule has 27 heavy (non-hydrogen) atoms. The van der Waals surface area contributed by atoms with E-state index in [0.29, 0.717) is 18.7 Å². The maximum Gasteiger partial charge on any atom is 0.188 e. The Morgan fingerprint density at radius 2 is 1.81 bits per heavy atom. The van der Waals surface area contributed by atoms with Gasteiger partial charge in [0.1, 0.15) is 10.9 Å².